The molecule has 1 unspecified atom stereocenters. The lowest BCUT2D eigenvalue weighted by atomic mass is 9.95. The quantitative estimate of drug-likeness (QED) is 0.455. The van der Waals surface area contributed by atoms with Crippen LogP contribution in [0.4, 0.5) is 0 Å². The smallest absolute Gasteiger partial charge is 0.0852 e. The van der Waals surface area contributed by atoms with Crippen molar-refractivity contribution in [1.82, 2.24) is 0 Å². The Morgan fingerprint density at radius 3 is 2.24 bits per heavy atom. The SMILES string of the molecule is Cc1ccc(C(Cl)c2ccc(C)c3ccccc23)c(Br)c1. The third kappa shape index (κ3) is 2.73. The monoisotopic (exact) mass is 358 g/mol. The van der Waals surface area contributed by atoms with Gasteiger partial charge in [-0.3, -0.25) is 0 Å². The molecule has 0 spiro atoms. The molecular weight excluding hydrogens is 344 g/mol. The number of aryl methyl sites for hydroxylation is 2. The predicted octanol–water partition coefficient (Wildman–Crippen LogP) is 6.55. The van der Waals surface area contributed by atoms with Gasteiger partial charge in [0.1, 0.15) is 0 Å². The molecule has 0 aliphatic heterocycles. The summed E-state index contributed by atoms with van der Waals surface area (Å²) >= 11 is 10.4. The van der Waals surface area contributed by atoms with Crippen LogP contribution in [0.2, 0.25) is 0 Å². The van der Waals surface area contributed by atoms with Gasteiger partial charge >= 0.3 is 0 Å². The standard InChI is InChI=1S/C19H16BrCl/c1-12-7-9-17(18(20)11-12)19(21)16-10-8-13(2)14-5-3-4-6-15(14)16/h3-11,19H,1-2H3. The molecule has 0 heterocycles. The summed E-state index contributed by atoms with van der Waals surface area (Å²) in [5.74, 6) is 0. The van der Waals surface area contributed by atoms with E-state index in [2.05, 4.69) is 84.4 Å². The number of fused-ring (bicyclic) bond motifs is 1. The van der Waals surface area contributed by atoms with Crippen LogP contribution < -0.4 is 0 Å². The molecule has 3 aromatic carbocycles. The molecule has 106 valence electrons. The van der Waals surface area contributed by atoms with Gasteiger partial charge in [-0.1, -0.05) is 64.5 Å². The summed E-state index contributed by atoms with van der Waals surface area (Å²) in [5.41, 5.74) is 4.77. The maximum atomic E-state index is 6.79. The van der Waals surface area contributed by atoms with Crippen molar-refractivity contribution in [1.29, 1.82) is 0 Å². The Hall–Kier alpha value is -1.31. The van der Waals surface area contributed by atoms with Crippen molar-refractivity contribution in [2.24, 2.45) is 0 Å². The van der Waals surface area contributed by atoms with E-state index in [0.717, 1.165) is 15.6 Å². The first-order valence-electron chi connectivity index (χ1n) is 6.96. The summed E-state index contributed by atoms with van der Waals surface area (Å²) in [7, 11) is 0. The molecule has 0 fully saturated rings. The Kier molecular flexibility index (Phi) is 4.05. The highest BCUT2D eigenvalue weighted by molar-refractivity contribution is 9.10. The number of halogens is 2. The zero-order chi connectivity index (χ0) is 15.0. The van der Waals surface area contributed by atoms with E-state index in [-0.39, 0.29) is 5.38 Å². The van der Waals surface area contributed by atoms with Gasteiger partial charge in [0.2, 0.25) is 0 Å². The average molecular weight is 360 g/mol. The lowest BCUT2D eigenvalue weighted by molar-refractivity contribution is 1.14. The molecule has 0 N–H and O–H groups in total. The zero-order valence-electron chi connectivity index (χ0n) is 12.0. The molecule has 2 heteroatoms. The Morgan fingerprint density at radius 2 is 1.52 bits per heavy atom. The fourth-order valence-electron chi connectivity index (χ4n) is 2.70. The van der Waals surface area contributed by atoms with Gasteiger partial charge < -0.3 is 0 Å². The van der Waals surface area contributed by atoms with E-state index in [1.54, 1.807) is 0 Å². The molecule has 3 aromatic rings. The molecule has 0 aliphatic carbocycles. The van der Waals surface area contributed by atoms with Crippen LogP contribution in [0.15, 0.2) is 59.1 Å². The summed E-state index contributed by atoms with van der Waals surface area (Å²) < 4.78 is 1.06. The fourth-order valence-corrected chi connectivity index (χ4v) is 3.93. The second kappa shape index (κ2) is 5.82. The molecule has 0 aromatic heterocycles. The van der Waals surface area contributed by atoms with Gasteiger partial charge in [0.25, 0.3) is 0 Å². The maximum Gasteiger partial charge on any atom is 0.0852 e. The Labute approximate surface area is 138 Å². The number of alkyl halides is 1. The molecule has 0 saturated heterocycles. The van der Waals surface area contributed by atoms with E-state index < -0.39 is 0 Å². The first-order valence-corrected chi connectivity index (χ1v) is 8.19. The van der Waals surface area contributed by atoms with Crippen LogP contribution in [-0.2, 0) is 0 Å². The lowest BCUT2D eigenvalue weighted by Crippen LogP contribution is -1.97. The molecule has 0 saturated carbocycles. The van der Waals surface area contributed by atoms with Crippen LogP contribution in [0, 0.1) is 13.8 Å². The van der Waals surface area contributed by atoms with Gasteiger partial charge in [0.15, 0.2) is 0 Å². The van der Waals surface area contributed by atoms with Crippen molar-refractivity contribution in [2.45, 2.75) is 19.2 Å². The predicted molar refractivity (Wildman–Crippen MR) is 95.3 cm³/mol. The van der Waals surface area contributed by atoms with E-state index in [9.17, 15) is 0 Å². The van der Waals surface area contributed by atoms with Gasteiger partial charge in [-0.2, -0.15) is 0 Å². The van der Waals surface area contributed by atoms with Gasteiger partial charge in [-0.25, -0.2) is 0 Å². The summed E-state index contributed by atoms with van der Waals surface area (Å²) in [6.07, 6.45) is 0. The van der Waals surface area contributed by atoms with E-state index in [1.165, 1.54) is 21.9 Å². The third-order valence-corrected chi connectivity index (χ3v) is 5.03. The topological polar surface area (TPSA) is 0 Å². The zero-order valence-corrected chi connectivity index (χ0v) is 14.4. The van der Waals surface area contributed by atoms with Crippen molar-refractivity contribution >= 4 is 38.3 Å². The van der Waals surface area contributed by atoms with Crippen molar-refractivity contribution in [3.05, 3.63) is 81.3 Å². The molecule has 21 heavy (non-hydrogen) atoms. The van der Waals surface area contributed by atoms with Crippen molar-refractivity contribution in [2.75, 3.05) is 0 Å². The number of rotatable bonds is 2. The Morgan fingerprint density at radius 1 is 0.857 bits per heavy atom. The summed E-state index contributed by atoms with van der Waals surface area (Å²) in [6.45, 7) is 4.22. The fraction of sp³-hybridized carbons (Fsp3) is 0.158. The molecule has 0 nitrogen and oxygen atoms in total. The Balaban J connectivity index is 2.18. The van der Waals surface area contributed by atoms with E-state index in [0.29, 0.717) is 0 Å². The molecule has 1 atom stereocenters. The molecule has 0 radical (unpaired) electrons. The van der Waals surface area contributed by atoms with Crippen LogP contribution >= 0.6 is 27.5 Å². The van der Waals surface area contributed by atoms with E-state index in [4.69, 9.17) is 11.6 Å². The van der Waals surface area contributed by atoms with Crippen molar-refractivity contribution < 1.29 is 0 Å². The molecular formula is C19H16BrCl. The van der Waals surface area contributed by atoms with Crippen LogP contribution in [-0.4, -0.2) is 0 Å². The maximum absolute atomic E-state index is 6.79. The average Bonchev–Trinajstić information content (AvgIpc) is 2.47. The lowest BCUT2D eigenvalue weighted by Gasteiger charge is -2.16. The molecule has 3 rings (SSSR count). The first kappa shape index (κ1) is 14.6. The minimum absolute atomic E-state index is 0.162. The van der Waals surface area contributed by atoms with Gasteiger partial charge in [0.05, 0.1) is 5.38 Å². The highest BCUT2D eigenvalue weighted by Gasteiger charge is 2.17. The highest BCUT2D eigenvalue weighted by atomic mass is 79.9. The third-order valence-electron chi connectivity index (χ3n) is 3.88. The van der Waals surface area contributed by atoms with Crippen LogP contribution in [0.5, 0.6) is 0 Å². The molecule has 0 amide bonds. The van der Waals surface area contributed by atoms with Crippen molar-refractivity contribution in [3.8, 4) is 0 Å². The molecule has 0 bridgehead atoms. The van der Waals surface area contributed by atoms with Crippen molar-refractivity contribution in [3.63, 3.8) is 0 Å². The number of benzene rings is 3. The largest absolute Gasteiger partial charge is 0.113 e. The van der Waals surface area contributed by atoms with Crippen LogP contribution in [0.3, 0.4) is 0 Å². The summed E-state index contributed by atoms with van der Waals surface area (Å²) in [5, 5.41) is 2.33. The van der Waals surface area contributed by atoms with Crippen LogP contribution in [0.1, 0.15) is 27.6 Å². The van der Waals surface area contributed by atoms with Gasteiger partial charge in [-0.05, 0) is 52.9 Å². The number of hydrogen-bond donors (Lipinski definition) is 0. The van der Waals surface area contributed by atoms with Crippen LogP contribution in [0.25, 0.3) is 10.8 Å². The van der Waals surface area contributed by atoms with E-state index in [1.807, 2.05) is 0 Å². The summed E-state index contributed by atoms with van der Waals surface area (Å²) in [6, 6.07) is 19.1. The van der Waals surface area contributed by atoms with E-state index >= 15 is 0 Å². The minimum Gasteiger partial charge on any atom is -0.113 e. The van der Waals surface area contributed by atoms with Gasteiger partial charge in [-0.15, -0.1) is 11.6 Å². The number of hydrogen-bond acceptors (Lipinski definition) is 0. The molecule has 0 aliphatic rings. The minimum atomic E-state index is -0.162. The normalized spacial score (nSPS) is 12.6. The second-order valence-corrected chi connectivity index (χ2v) is 6.70. The highest BCUT2D eigenvalue weighted by Crippen LogP contribution is 2.38. The summed E-state index contributed by atoms with van der Waals surface area (Å²) in [4.78, 5) is 0. The Bertz CT molecular complexity index is 808. The second-order valence-electron chi connectivity index (χ2n) is 5.40. The first-order chi connectivity index (χ1) is 10.1. The van der Waals surface area contributed by atoms with Gasteiger partial charge in [0, 0.05) is 4.47 Å².